The first kappa shape index (κ1) is 17.7. The summed E-state index contributed by atoms with van der Waals surface area (Å²) in [5.74, 6) is -0.380. The van der Waals surface area contributed by atoms with Crippen LogP contribution < -0.4 is 4.31 Å². The zero-order chi connectivity index (χ0) is 17.2. The number of amides is 1. The van der Waals surface area contributed by atoms with Crippen LogP contribution in [0.1, 0.15) is 26.7 Å². The van der Waals surface area contributed by atoms with Crippen molar-refractivity contribution in [3.05, 3.63) is 30.1 Å². The van der Waals surface area contributed by atoms with Crippen LogP contribution in [0, 0.1) is 11.7 Å². The number of anilines is 1. The van der Waals surface area contributed by atoms with Crippen molar-refractivity contribution < 1.29 is 17.6 Å². The molecule has 0 bridgehead atoms. The van der Waals surface area contributed by atoms with Crippen molar-refractivity contribution in [2.24, 2.45) is 5.92 Å². The van der Waals surface area contributed by atoms with E-state index < -0.39 is 21.9 Å². The maximum absolute atomic E-state index is 13.5. The van der Waals surface area contributed by atoms with Crippen LogP contribution in [0.5, 0.6) is 0 Å². The van der Waals surface area contributed by atoms with Crippen molar-refractivity contribution in [3.8, 4) is 0 Å². The molecule has 0 aliphatic carbocycles. The van der Waals surface area contributed by atoms with Crippen molar-refractivity contribution in [3.63, 3.8) is 0 Å². The smallest absolute Gasteiger partial charge is 0.246 e. The lowest BCUT2D eigenvalue weighted by atomic mass is 10.00. The predicted molar refractivity (Wildman–Crippen MR) is 88.2 cm³/mol. The van der Waals surface area contributed by atoms with Crippen molar-refractivity contribution in [1.82, 2.24) is 4.90 Å². The maximum atomic E-state index is 13.5. The number of piperidine rings is 1. The minimum Gasteiger partial charge on any atom is -0.341 e. The molecule has 2 atom stereocenters. The fourth-order valence-corrected chi connectivity index (χ4v) is 4.23. The van der Waals surface area contributed by atoms with Crippen molar-refractivity contribution in [2.45, 2.75) is 32.7 Å². The first-order chi connectivity index (χ1) is 10.7. The number of sulfonamides is 1. The van der Waals surface area contributed by atoms with E-state index >= 15 is 0 Å². The summed E-state index contributed by atoms with van der Waals surface area (Å²) in [6.07, 6.45) is 3.01. The number of hydrogen-bond donors (Lipinski definition) is 0. The summed E-state index contributed by atoms with van der Waals surface area (Å²) in [4.78, 5) is 14.4. The molecule has 1 aliphatic heterocycles. The van der Waals surface area contributed by atoms with Crippen LogP contribution >= 0.6 is 0 Å². The van der Waals surface area contributed by atoms with E-state index in [2.05, 4.69) is 6.92 Å². The van der Waals surface area contributed by atoms with E-state index in [4.69, 9.17) is 0 Å². The van der Waals surface area contributed by atoms with E-state index in [-0.39, 0.29) is 11.6 Å². The van der Waals surface area contributed by atoms with Gasteiger partial charge < -0.3 is 4.90 Å². The lowest BCUT2D eigenvalue weighted by molar-refractivity contribution is -0.133. The average molecular weight is 342 g/mol. The fraction of sp³-hybridized carbons (Fsp3) is 0.562. The summed E-state index contributed by atoms with van der Waals surface area (Å²) in [6, 6.07) is 4.39. The van der Waals surface area contributed by atoms with E-state index in [1.165, 1.54) is 18.2 Å². The standard InChI is InChI=1S/C16H23FN2O3S/c1-12-6-5-9-18(11-12)16(20)13(2)19(23(3,21)22)15-8-4-7-14(17)10-15/h4,7-8,10,12-13H,5-6,9,11H2,1-3H3/t12-,13-/m1/s1. The number of likely N-dealkylation sites (tertiary alicyclic amines) is 1. The van der Waals surface area contributed by atoms with Crippen LogP contribution in [0.25, 0.3) is 0 Å². The lowest BCUT2D eigenvalue weighted by Gasteiger charge is -2.36. The summed E-state index contributed by atoms with van der Waals surface area (Å²) >= 11 is 0. The number of halogens is 1. The van der Waals surface area contributed by atoms with Gasteiger partial charge in [0, 0.05) is 13.1 Å². The highest BCUT2D eigenvalue weighted by atomic mass is 32.2. The van der Waals surface area contributed by atoms with Gasteiger partial charge in [0.1, 0.15) is 11.9 Å². The number of carbonyl (C=O) groups is 1. The van der Waals surface area contributed by atoms with Gasteiger partial charge in [-0.25, -0.2) is 12.8 Å². The normalized spacial score (nSPS) is 20.2. The van der Waals surface area contributed by atoms with E-state index in [9.17, 15) is 17.6 Å². The second kappa shape index (κ2) is 6.86. The summed E-state index contributed by atoms with van der Waals surface area (Å²) in [5.41, 5.74) is 0.165. The Balaban J connectivity index is 2.30. The summed E-state index contributed by atoms with van der Waals surface area (Å²) in [5, 5.41) is 0. The number of rotatable bonds is 4. The van der Waals surface area contributed by atoms with Crippen LogP contribution in [0.2, 0.25) is 0 Å². The van der Waals surface area contributed by atoms with Gasteiger partial charge in [-0.15, -0.1) is 0 Å². The predicted octanol–water partition coefficient (Wildman–Crippen LogP) is 2.24. The molecule has 0 aromatic heterocycles. The third-order valence-electron chi connectivity index (χ3n) is 4.10. The van der Waals surface area contributed by atoms with Gasteiger partial charge in [0.05, 0.1) is 11.9 Å². The zero-order valence-electron chi connectivity index (χ0n) is 13.7. The Bertz CT molecular complexity index is 678. The molecule has 2 rings (SSSR count). The van der Waals surface area contributed by atoms with Gasteiger partial charge in [-0.05, 0) is 43.9 Å². The van der Waals surface area contributed by atoms with Gasteiger partial charge in [0.15, 0.2) is 0 Å². The van der Waals surface area contributed by atoms with Gasteiger partial charge >= 0.3 is 0 Å². The van der Waals surface area contributed by atoms with E-state index in [0.717, 1.165) is 29.5 Å². The molecule has 1 aromatic rings. The average Bonchev–Trinajstić information content (AvgIpc) is 2.45. The highest BCUT2D eigenvalue weighted by molar-refractivity contribution is 7.92. The number of carbonyl (C=O) groups excluding carboxylic acids is 1. The molecule has 1 amide bonds. The molecule has 1 saturated heterocycles. The topological polar surface area (TPSA) is 57.7 Å². The molecule has 1 aliphatic rings. The molecule has 0 unspecified atom stereocenters. The second-order valence-electron chi connectivity index (χ2n) is 6.25. The second-order valence-corrected chi connectivity index (χ2v) is 8.11. The molecule has 0 N–H and O–H groups in total. The van der Waals surface area contributed by atoms with Gasteiger partial charge in [-0.2, -0.15) is 0 Å². The van der Waals surface area contributed by atoms with Crippen LogP contribution in [-0.4, -0.2) is 44.6 Å². The Labute approximate surface area is 137 Å². The zero-order valence-corrected chi connectivity index (χ0v) is 14.5. The highest BCUT2D eigenvalue weighted by Gasteiger charge is 2.33. The molecular weight excluding hydrogens is 319 g/mol. The number of hydrogen-bond acceptors (Lipinski definition) is 3. The third-order valence-corrected chi connectivity index (χ3v) is 5.34. The maximum Gasteiger partial charge on any atom is 0.246 e. The molecule has 23 heavy (non-hydrogen) atoms. The summed E-state index contributed by atoms with van der Waals surface area (Å²) in [7, 11) is -3.71. The van der Waals surface area contributed by atoms with Crippen LogP contribution in [0.15, 0.2) is 24.3 Å². The van der Waals surface area contributed by atoms with Gasteiger partial charge in [0.2, 0.25) is 15.9 Å². The van der Waals surface area contributed by atoms with Crippen LogP contribution in [0.4, 0.5) is 10.1 Å². The molecule has 1 fully saturated rings. The van der Waals surface area contributed by atoms with Crippen LogP contribution in [0.3, 0.4) is 0 Å². The van der Waals surface area contributed by atoms with Crippen LogP contribution in [-0.2, 0) is 14.8 Å². The quantitative estimate of drug-likeness (QED) is 0.843. The van der Waals surface area contributed by atoms with Crippen molar-refractivity contribution in [2.75, 3.05) is 23.7 Å². The number of nitrogens with zero attached hydrogens (tertiary/aromatic N) is 2. The molecule has 128 valence electrons. The monoisotopic (exact) mass is 342 g/mol. The Hall–Kier alpha value is -1.63. The summed E-state index contributed by atoms with van der Waals surface area (Å²) in [6.45, 7) is 4.89. The lowest BCUT2D eigenvalue weighted by Crippen LogP contribution is -2.51. The fourth-order valence-electron chi connectivity index (χ4n) is 3.07. The minimum absolute atomic E-state index is 0.165. The van der Waals surface area contributed by atoms with E-state index in [1.807, 2.05) is 0 Å². The van der Waals surface area contributed by atoms with Gasteiger partial charge in [-0.1, -0.05) is 13.0 Å². The van der Waals surface area contributed by atoms with E-state index in [1.54, 1.807) is 11.8 Å². The number of benzene rings is 1. The van der Waals surface area contributed by atoms with E-state index in [0.29, 0.717) is 19.0 Å². The Morgan fingerprint density at radius 2 is 2.13 bits per heavy atom. The molecule has 1 aromatic carbocycles. The van der Waals surface area contributed by atoms with Gasteiger partial charge in [0.25, 0.3) is 0 Å². The molecule has 1 heterocycles. The molecule has 0 radical (unpaired) electrons. The minimum atomic E-state index is -3.71. The first-order valence-electron chi connectivity index (χ1n) is 7.74. The van der Waals surface area contributed by atoms with Crippen molar-refractivity contribution >= 4 is 21.6 Å². The SMILES string of the molecule is C[C@@H]1CCCN(C(=O)[C@@H](C)N(c2cccc(F)c2)S(C)(=O)=O)C1. The Morgan fingerprint density at radius 1 is 1.43 bits per heavy atom. The largest absolute Gasteiger partial charge is 0.341 e. The third kappa shape index (κ3) is 4.22. The Morgan fingerprint density at radius 3 is 2.70 bits per heavy atom. The first-order valence-corrected chi connectivity index (χ1v) is 9.58. The molecular formula is C16H23FN2O3S. The molecule has 5 nitrogen and oxygen atoms in total. The molecule has 0 saturated carbocycles. The molecule has 0 spiro atoms. The van der Waals surface area contributed by atoms with Crippen molar-refractivity contribution in [1.29, 1.82) is 0 Å². The summed E-state index contributed by atoms with van der Waals surface area (Å²) < 4.78 is 38.8. The molecule has 7 heteroatoms. The van der Waals surface area contributed by atoms with Gasteiger partial charge in [-0.3, -0.25) is 9.10 Å². The highest BCUT2D eigenvalue weighted by Crippen LogP contribution is 2.24. The Kier molecular flexibility index (Phi) is 5.29.